The van der Waals surface area contributed by atoms with Crippen molar-refractivity contribution in [3.05, 3.63) is 211 Å². The van der Waals surface area contributed by atoms with Gasteiger partial charge in [-0.15, -0.1) is 0 Å². The second-order valence-corrected chi connectivity index (χ2v) is 11.8. The summed E-state index contributed by atoms with van der Waals surface area (Å²) in [5.74, 6) is 0. The van der Waals surface area contributed by atoms with E-state index < -0.39 is 316 Å². The number of hydrogen-bond acceptors (Lipinski definition) is 2. The maximum atomic E-state index is 9.88. The summed E-state index contributed by atoms with van der Waals surface area (Å²) in [6.45, 7) is 0. The van der Waals surface area contributed by atoms with Crippen LogP contribution in [0.15, 0.2) is 216 Å². The third-order valence-corrected chi connectivity index (χ3v) is 8.67. The van der Waals surface area contributed by atoms with Gasteiger partial charge >= 0.3 is 0 Å². The molecule has 0 spiro atoms. The van der Waals surface area contributed by atoms with Gasteiger partial charge in [-0.05, 0) is 85.4 Å². The number of benzene rings is 10. The summed E-state index contributed by atoms with van der Waals surface area (Å²) in [7, 11) is 0. The van der Waals surface area contributed by atoms with Crippen molar-refractivity contribution in [2.75, 3.05) is 4.90 Å². The second kappa shape index (κ2) is 13.2. The normalized spacial score (nSPS) is 20.3. The third kappa shape index (κ3) is 5.26. The lowest BCUT2D eigenvalue weighted by molar-refractivity contribution is 0.674. The van der Waals surface area contributed by atoms with Crippen molar-refractivity contribution in [1.82, 2.24) is 0 Å². The highest BCUT2D eigenvalue weighted by atomic mass is 16.3. The topological polar surface area (TPSA) is 16.4 Å². The zero-order valence-corrected chi connectivity index (χ0v) is 27.9. The molecule has 0 aliphatic heterocycles. The molecule has 0 N–H and O–H groups in total. The standard InChI is InChI=1S/C54H35NO/c1-4-17-43-36(12-1)15-9-21-45(43)39-26-31-41(32-27-39)55(42-33-28-40(29-34-42)46-22-10-16-37-13-2-5-18-44(37)46)52-25-8-7-20-48(52)49-23-11-24-50-51-35-30-38-14-3-6-19-47(38)53(51)56-54(49)50/h1-35H/i1D,2D,3D,4D,5D,6D,7D,8D,9D,10D,11D,12D,13D,14D,15D,16D,17D,18D,19D,20D,21D,22D,23D,24D,25D,26D,27D,28D,29D,30D,31D,32D,33D,34D,35D. The first kappa shape index (κ1) is 12.6. The van der Waals surface area contributed by atoms with Crippen molar-refractivity contribution in [2.45, 2.75) is 0 Å². The van der Waals surface area contributed by atoms with Crippen molar-refractivity contribution in [2.24, 2.45) is 0 Å². The summed E-state index contributed by atoms with van der Waals surface area (Å²) < 4.78 is 325. The number of para-hydroxylation sites is 2. The maximum absolute atomic E-state index is 9.88. The second-order valence-electron chi connectivity index (χ2n) is 11.8. The molecule has 2 heteroatoms. The molecule has 0 unspecified atom stereocenters. The molecule has 0 saturated carbocycles. The molecule has 2 nitrogen and oxygen atoms in total. The Labute approximate surface area is 374 Å². The maximum Gasteiger partial charge on any atom is 0.143 e. The molecule has 0 fully saturated rings. The van der Waals surface area contributed by atoms with E-state index in [2.05, 4.69) is 0 Å². The molecule has 11 aromatic rings. The highest BCUT2D eigenvalue weighted by molar-refractivity contribution is 6.17. The molecule has 1 heterocycles. The van der Waals surface area contributed by atoms with Crippen molar-refractivity contribution in [1.29, 1.82) is 0 Å². The first-order valence-electron chi connectivity index (χ1n) is 33.8. The van der Waals surface area contributed by atoms with Crippen LogP contribution in [0.4, 0.5) is 17.1 Å². The number of fused-ring (bicyclic) bond motifs is 7. The Kier molecular flexibility index (Phi) is 2.95. The SMILES string of the molecule is [2H]c1c([2H])c([2H])c(N(c2c([2H])c([2H])c(-c3c([2H])c([2H])c([2H])c4c([2H])c([2H])c([2H])c([2H])c34)c([2H])c2[2H])c2c([2H])c([2H])c(-c3c([2H])c([2H])c([2H])c4c([2H])c([2H])c([2H])c([2H])c34)c([2H])c2[2H])c(-c2c([2H])c([2H])c([2H])c3c2oc2c4c([2H])c([2H])c([2H])c([2H])c4c([2H])c([2H])c23)c1[2H]. The minimum Gasteiger partial charge on any atom is -0.455 e. The fourth-order valence-corrected chi connectivity index (χ4v) is 6.19. The molecule has 0 bridgehead atoms. The molecule has 0 saturated heterocycles. The molecule has 0 aliphatic carbocycles. The molecule has 262 valence electrons. The van der Waals surface area contributed by atoms with E-state index in [0.717, 1.165) is 0 Å². The quantitative estimate of drug-likeness (QED) is 0.168. The Hall–Kier alpha value is -7.42. The van der Waals surface area contributed by atoms with Gasteiger partial charge in [-0.25, -0.2) is 0 Å². The summed E-state index contributed by atoms with van der Waals surface area (Å²) in [5, 5.41) is -5.32. The highest BCUT2D eigenvalue weighted by Crippen LogP contribution is 2.46. The van der Waals surface area contributed by atoms with Gasteiger partial charge in [0, 0.05) is 38.7 Å². The summed E-state index contributed by atoms with van der Waals surface area (Å²) in [6.07, 6.45) is 0. The van der Waals surface area contributed by atoms with Crippen molar-refractivity contribution < 1.29 is 52.4 Å². The molecular weight excluding hydrogens is 679 g/mol. The van der Waals surface area contributed by atoms with Gasteiger partial charge in [0.1, 0.15) is 11.2 Å². The summed E-state index contributed by atoms with van der Waals surface area (Å²) in [4.78, 5) is 0.251. The molecule has 56 heavy (non-hydrogen) atoms. The lowest BCUT2D eigenvalue weighted by Gasteiger charge is -2.28. The van der Waals surface area contributed by atoms with Crippen LogP contribution >= 0.6 is 0 Å². The molecule has 11 rings (SSSR count). The smallest absolute Gasteiger partial charge is 0.143 e. The Morgan fingerprint density at radius 3 is 1.36 bits per heavy atom. The predicted molar refractivity (Wildman–Crippen MR) is 237 cm³/mol. The first-order valence-corrected chi connectivity index (χ1v) is 16.3. The Bertz CT molecular complexity index is 5040. The van der Waals surface area contributed by atoms with E-state index in [1.807, 2.05) is 0 Å². The Balaban J connectivity index is 1.38. The number of anilines is 3. The average molecular weight is 749 g/mol. The zero-order valence-electron chi connectivity index (χ0n) is 62.9. The third-order valence-electron chi connectivity index (χ3n) is 8.67. The van der Waals surface area contributed by atoms with E-state index in [9.17, 15) is 19.2 Å². The van der Waals surface area contributed by atoms with Crippen LogP contribution in [0.1, 0.15) is 48.0 Å². The van der Waals surface area contributed by atoms with Gasteiger partial charge < -0.3 is 9.32 Å². The van der Waals surface area contributed by atoms with Gasteiger partial charge in [-0.3, -0.25) is 0 Å². The van der Waals surface area contributed by atoms with Crippen LogP contribution < -0.4 is 4.90 Å². The number of rotatable bonds is 6. The first-order chi connectivity index (χ1) is 42.4. The Morgan fingerprint density at radius 1 is 0.304 bits per heavy atom. The fraction of sp³-hybridized carbons (Fsp3) is 0. The van der Waals surface area contributed by atoms with Gasteiger partial charge in [-0.1, -0.05) is 175 Å². The van der Waals surface area contributed by atoms with E-state index in [1.54, 1.807) is 0 Å². The average Bonchev–Trinajstić information content (AvgIpc) is 1.70. The molecule has 10 aromatic carbocycles. The minimum atomic E-state index is -1.41. The molecular formula is C54H35NO. The predicted octanol–water partition coefficient (Wildman–Crippen LogP) is 15.5. The zero-order chi connectivity index (χ0) is 67.5. The van der Waals surface area contributed by atoms with Crippen molar-refractivity contribution in [3.63, 3.8) is 0 Å². The number of furan rings is 1. The highest BCUT2D eigenvalue weighted by Gasteiger charge is 2.21. The van der Waals surface area contributed by atoms with Gasteiger partial charge in [-0.2, -0.15) is 0 Å². The van der Waals surface area contributed by atoms with Crippen LogP contribution in [0, 0.1) is 0 Å². The van der Waals surface area contributed by atoms with E-state index in [-0.39, 0.29) is 4.90 Å². The molecule has 1 aromatic heterocycles. The van der Waals surface area contributed by atoms with Gasteiger partial charge in [0.25, 0.3) is 0 Å². The summed E-state index contributed by atoms with van der Waals surface area (Å²) >= 11 is 0. The summed E-state index contributed by atoms with van der Waals surface area (Å²) in [5.41, 5.74) is -11.3. The van der Waals surface area contributed by atoms with Crippen LogP contribution in [-0.2, 0) is 0 Å². The van der Waals surface area contributed by atoms with Crippen LogP contribution in [0.3, 0.4) is 0 Å². The number of nitrogens with zero attached hydrogens (tertiary/aromatic N) is 1. The van der Waals surface area contributed by atoms with Gasteiger partial charge in [0.2, 0.25) is 0 Å². The lowest BCUT2D eigenvalue weighted by atomic mass is 9.96. The lowest BCUT2D eigenvalue weighted by Crippen LogP contribution is -2.11. The summed E-state index contributed by atoms with van der Waals surface area (Å²) in [6, 6.07) is -37.9. The van der Waals surface area contributed by atoms with E-state index in [1.165, 1.54) is 0 Å². The van der Waals surface area contributed by atoms with E-state index >= 15 is 0 Å². The van der Waals surface area contributed by atoms with Crippen LogP contribution in [0.2, 0.25) is 0 Å². The van der Waals surface area contributed by atoms with E-state index in [4.69, 9.17) is 33.2 Å². The van der Waals surface area contributed by atoms with Crippen LogP contribution in [-0.4, -0.2) is 0 Å². The fourth-order valence-electron chi connectivity index (χ4n) is 6.19. The van der Waals surface area contributed by atoms with Gasteiger partial charge in [0.15, 0.2) is 0 Å². The van der Waals surface area contributed by atoms with Crippen LogP contribution in [0.5, 0.6) is 0 Å². The van der Waals surface area contributed by atoms with Gasteiger partial charge in [0.05, 0.1) is 53.7 Å². The van der Waals surface area contributed by atoms with E-state index in [0.29, 0.717) is 0 Å². The molecule has 0 amide bonds. The number of hydrogen-bond donors (Lipinski definition) is 0. The van der Waals surface area contributed by atoms with Crippen LogP contribution in [0.25, 0.3) is 87.6 Å². The van der Waals surface area contributed by atoms with Crippen molar-refractivity contribution >= 4 is 71.3 Å². The monoisotopic (exact) mass is 748 g/mol. The van der Waals surface area contributed by atoms with Crippen molar-refractivity contribution in [3.8, 4) is 33.4 Å². The molecule has 0 atom stereocenters. The molecule has 0 radical (unpaired) electrons. The Morgan fingerprint density at radius 2 is 0.732 bits per heavy atom. The minimum absolute atomic E-state index is 0.251. The largest absolute Gasteiger partial charge is 0.455 e. The molecule has 0 aliphatic rings.